The van der Waals surface area contributed by atoms with Gasteiger partial charge in [0.15, 0.2) is 0 Å². The molecule has 1 fully saturated rings. The Hall–Kier alpha value is -1.18. The maximum Gasteiger partial charge on any atom is 0.0373 e. The summed E-state index contributed by atoms with van der Waals surface area (Å²) >= 11 is 0. The van der Waals surface area contributed by atoms with Gasteiger partial charge in [0.05, 0.1) is 0 Å². The Bertz CT molecular complexity index is 417. The summed E-state index contributed by atoms with van der Waals surface area (Å²) in [4.78, 5) is 2.16. The van der Waals surface area contributed by atoms with Crippen LogP contribution in [0, 0.1) is 12.8 Å². The highest BCUT2D eigenvalue weighted by molar-refractivity contribution is 5.60. The van der Waals surface area contributed by atoms with E-state index in [9.17, 15) is 0 Å². The van der Waals surface area contributed by atoms with Gasteiger partial charge in [-0.05, 0) is 62.3 Å². The molecule has 0 amide bonds. The quantitative estimate of drug-likeness (QED) is 0.827. The van der Waals surface area contributed by atoms with Crippen molar-refractivity contribution >= 4 is 11.4 Å². The van der Waals surface area contributed by atoms with Gasteiger partial charge in [0.2, 0.25) is 0 Å². The highest BCUT2D eigenvalue weighted by atomic mass is 15.1. The second-order valence-corrected chi connectivity index (χ2v) is 6.54. The molecule has 1 N–H and O–H groups in total. The standard InChI is InChI=1S/C18H30N2/c1-5-6-15-7-9-16(10-8-15)19-18-12-11-17(20(3)4)13-14(18)2/h11-13,15-16,19H,5-10H2,1-4H3. The van der Waals surface area contributed by atoms with Crippen LogP contribution in [0.2, 0.25) is 0 Å². The summed E-state index contributed by atoms with van der Waals surface area (Å²) in [6.07, 6.45) is 8.23. The number of rotatable bonds is 5. The van der Waals surface area contributed by atoms with Crippen LogP contribution in [-0.4, -0.2) is 20.1 Å². The monoisotopic (exact) mass is 274 g/mol. The molecule has 0 unspecified atom stereocenters. The van der Waals surface area contributed by atoms with Crippen LogP contribution in [0.1, 0.15) is 51.0 Å². The van der Waals surface area contributed by atoms with Crippen LogP contribution in [0.25, 0.3) is 0 Å². The Kier molecular flexibility index (Phi) is 5.33. The fourth-order valence-corrected chi connectivity index (χ4v) is 3.31. The maximum atomic E-state index is 3.76. The molecule has 0 bridgehead atoms. The van der Waals surface area contributed by atoms with E-state index in [1.165, 1.54) is 55.5 Å². The Morgan fingerprint density at radius 2 is 1.85 bits per heavy atom. The molecule has 0 aliphatic heterocycles. The zero-order chi connectivity index (χ0) is 14.5. The molecule has 1 aromatic rings. The molecule has 1 aliphatic rings. The van der Waals surface area contributed by atoms with E-state index in [2.05, 4.69) is 56.4 Å². The number of anilines is 2. The molecule has 0 saturated heterocycles. The van der Waals surface area contributed by atoms with E-state index >= 15 is 0 Å². The smallest absolute Gasteiger partial charge is 0.0373 e. The largest absolute Gasteiger partial charge is 0.382 e. The van der Waals surface area contributed by atoms with E-state index in [1.807, 2.05) is 0 Å². The van der Waals surface area contributed by atoms with E-state index in [0.717, 1.165) is 5.92 Å². The van der Waals surface area contributed by atoms with Crippen molar-refractivity contribution in [3.63, 3.8) is 0 Å². The third-order valence-corrected chi connectivity index (χ3v) is 4.63. The number of aryl methyl sites for hydroxylation is 1. The van der Waals surface area contributed by atoms with Crippen molar-refractivity contribution in [3.8, 4) is 0 Å². The Balaban J connectivity index is 1.91. The minimum Gasteiger partial charge on any atom is -0.382 e. The number of nitrogens with one attached hydrogen (secondary N) is 1. The maximum absolute atomic E-state index is 3.76. The van der Waals surface area contributed by atoms with Gasteiger partial charge in [-0.3, -0.25) is 0 Å². The first-order valence-corrected chi connectivity index (χ1v) is 8.14. The average Bonchev–Trinajstić information content (AvgIpc) is 2.43. The van der Waals surface area contributed by atoms with Crippen LogP contribution in [0.3, 0.4) is 0 Å². The van der Waals surface area contributed by atoms with Crippen LogP contribution in [0.5, 0.6) is 0 Å². The molecule has 20 heavy (non-hydrogen) atoms. The molecule has 0 heterocycles. The fraction of sp³-hybridized carbons (Fsp3) is 0.667. The second kappa shape index (κ2) is 7.01. The molecule has 0 aromatic heterocycles. The van der Waals surface area contributed by atoms with Gasteiger partial charge in [-0.1, -0.05) is 19.8 Å². The third kappa shape index (κ3) is 3.91. The first-order valence-electron chi connectivity index (χ1n) is 8.14. The van der Waals surface area contributed by atoms with Crippen LogP contribution < -0.4 is 10.2 Å². The number of nitrogens with zero attached hydrogens (tertiary/aromatic N) is 1. The molecule has 2 nitrogen and oxygen atoms in total. The molecule has 112 valence electrons. The number of hydrogen-bond acceptors (Lipinski definition) is 2. The Morgan fingerprint density at radius 3 is 2.40 bits per heavy atom. The molecule has 0 atom stereocenters. The molecule has 2 rings (SSSR count). The molecule has 0 spiro atoms. The predicted molar refractivity (Wildman–Crippen MR) is 89.8 cm³/mol. The summed E-state index contributed by atoms with van der Waals surface area (Å²) in [6, 6.07) is 7.39. The highest BCUT2D eigenvalue weighted by Gasteiger charge is 2.20. The lowest BCUT2D eigenvalue weighted by Crippen LogP contribution is -2.26. The van der Waals surface area contributed by atoms with E-state index in [0.29, 0.717) is 6.04 Å². The van der Waals surface area contributed by atoms with Crippen molar-refractivity contribution < 1.29 is 0 Å². The van der Waals surface area contributed by atoms with E-state index in [1.54, 1.807) is 0 Å². The number of benzene rings is 1. The zero-order valence-electron chi connectivity index (χ0n) is 13.6. The molecule has 0 radical (unpaired) electrons. The summed E-state index contributed by atoms with van der Waals surface area (Å²) in [5, 5.41) is 3.76. The molecule has 1 aromatic carbocycles. The van der Waals surface area contributed by atoms with Gasteiger partial charge >= 0.3 is 0 Å². The first-order chi connectivity index (χ1) is 9.60. The zero-order valence-corrected chi connectivity index (χ0v) is 13.6. The normalized spacial score (nSPS) is 22.6. The van der Waals surface area contributed by atoms with Gasteiger partial charge in [-0.2, -0.15) is 0 Å². The Labute approximate surface area is 124 Å². The van der Waals surface area contributed by atoms with Gasteiger partial charge in [0.1, 0.15) is 0 Å². The van der Waals surface area contributed by atoms with Crippen molar-refractivity contribution in [2.75, 3.05) is 24.3 Å². The fourth-order valence-electron chi connectivity index (χ4n) is 3.31. The van der Waals surface area contributed by atoms with Crippen LogP contribution in [0.4, 0.5) is 11.4 Å². The van der Waals surface area contributed by atoms with Gasteiger partial charge in [0, 0.05) is 31.5 Å². The average molecular weight is 274 g/mol. The minimum atomic E-state index is 0.673. The second-order valence-electron chi connectivity index (χ2n) is 6.54. The molecule has 2 heteroatoms. The lowest BCUT2D eigenvalue weighted by atomic mass is 9.83. The van der Waals surface area contributed by atoms with E-state index in [-0.39, 0.29) is 0 Å². The Morgan fingerprint density at radius 1 is 1.15 bits per heavy atom. The van der Waals surface area contributed by atoms with Gasteiger partial charge in [-0.25, -0.2) is 0 Å². The van der Waals surface area contributed by atoms with Crippen molar-refractivity contribution in [1.29, 1.82) is 0 Å². The van der Waals surface area contributed by atoms with E-state index < -0.39 is 0 Å². The third-order valence-electron chi connectivity index (χ3n) is 4.63. The SMILES string of the molecule is CCCC1CCC(Nc2ccc(N(C)C)cc2C)CC1. The van der Waals surface area contributed by atoms with E-state index in [4.69, 9.17) is 0 Å². The van der Waals surface area contributed by atoms with Crippen LogP contribution in [-0.2, 0) is 0 Å². The summed E-state index contributed by atoms with van der Waals surface area (Å²) in [7, 11) is 4.19. The van der Waals surface area contributed by atoms with Gasteiger partial charge in [0.25, 0.3) is 0 Å². The van der Waals surface area contributed by atoms with Crippen molar-refractivity contribution in [2.24, 2.45) is 5.92 Å². The topological polar surface area (TPSA) is 15.3 Å². The van der Waals surface area contributed by atoms with Gasteiger partial charge in [-0.15, -0.1) is 0 Å². The summed E-state index contributed by atoms with van der Waals surface area (Å²) in [5.41, 5.74) is 3.95. The molecule has 1 saturated carbocycles. The van der Waals surface area contributed by atoms with Gasteiger partial charge < -0.3 is 10.2 Å². The molecular formula is C18H30N2. The van der Waals surface area contributed by atoms with Crippen molar-refractivity contribution in [3.05, 3.63) is 23.8 Å². The first kappa shape index (κ1) is 15.2. The summed E-state index contributed by atoms with van der Waals surface area (Å²) in [5.74, 6) is 0.982. The summed E-state index contributed by atoms with van der Waals surface area (Å²) < 4.78 is 0. The van der Waals surface area contributed by atoms with Crippen molar-refractivity contribution in [1.82, 2.24) is 0 Å². The summed E-state index contributed by atoms with van der Waals surface area (Å²) in [6.45, 7) is 4.51. The van der Waals surface area contributed by atoms with Crippen LogP contribution >= 0.6 is 0 Å². The van der Waals surface area contributed by atoms with Crippen LogP contribution in [0.15, 0.2) is 18.2 Å². The minimum absolute atomic E-state index is 0.673. The lowest BCUT2D eigenvalue weighted by Gasteiger charge is -2.30. The highest BCUT2D eigenvalue weighted by Crippen LogP contribution is 2.30. The van der Waals surface area contributed by atoms with Crippen molar-refractivity contribution in [2.45, 2.75) is 58.4 Å². The molecular weight excluding hydrogens is 244 g/mol. The lowest BCUT2D eigenvalue weighted by molar-refractivity contribution is 0.319. The number of hydrogen-bond donors (Lipinski definition) is 1. The predicted octanol–water partition coefficient (Wildman–Crippen LogP) is 4.83. The molecule has 1 aliphatic carbocycles.